The van der Waals surface area contributed by atoms with Gasteiger partial charge in [-0.3, -0.25) is 14.4 Å². The number of pyridine rings is 1. The third kappa shape index (κ3) is 5.02. The fourth-order valence-electron chi connectivity index (χ4n) is 4.28. The van der Waals surface area contributed by atoms with Gasteiger partial charge in [-0.15, -0.1) is 0 Å². The number of likely N-dealkylation sites (tertiary alicyclic amines) is 1. The Bertz CT molecular complexity index is 1170. The normalized spacial score (nSPS) is 17.1. The lowest BCUT2D eigenvalue weighted by molar-refractivity contribution is -0.118. The summed E-state index contributed by atoms with van der Waals surface area (Å²) in [6, 6.07) is 5.66. The van der Waals surface area contributed by atoms with Gasteiger partial charge in [0, 0.05) is 49.6 Å². The van der Waals surface area contributed by atoms with E-state index in [0.717, 1.165) is 12.8 Å². The summed E-state index contributed by atoms with van der Waals surface area (Å²) in [5, 5.41) is 0.391. The first-order valence-corrected chi connectivity index (χ1v) is 12.4. The summed E-state index contributed by atoms with van der Waals surface area (Å²) in [5.74, 6) is -0.523. The van der Waals surface area contributed by atoms with Crippen LogP contribution < -0.4 is 11.3 Å². The molecule has 0 bridgehead atoms. The number of sulfonamides is 1. The van der Waals surface area contributed by atoms with Crippen LogP contribution in [0.4, 0.5) is 0 Å². The molecule has 3 N–H and O–H groups in total. The number of H-pyrrole nitrogens is 1. The number of aromatic amines is 1. The number of fused-ring (bicyclic) bond motifs is 1. The van der Waals surface area contributed by atoms with Gasteiger partial charge < -0.3 is 15.6 Å². The Kier molecular flexibility index (Phi) is 7.35. The second-order valence-electron chi connectivity index (χ2n) is 8.11. The molecule has 2 aromatic rings. The minimum Gasteiger partial charge on any atom is -0.370 e. The molecule has 1 atom stereocenters. The number of nitrogens with zero attached hydrogens (tertiary/aromatic N) is 2. The summed E-state index contributed by atoms with van der Waals surface area (Å²) in [6.07, 6.45) is 2.58. The molecule has 1 aromatic carbocycles. The van der Waals surface area contributed by atoms with Crippen LogP contribution >= 0.6 is 0 Å². The van der Waals surface area contributed by atoms with Gasteiger partial charge in [0.05, 0.1) is 10.5 Å². The second kappa shape index (κ2) is 9.83. The zero-order valence-electron chi connectivity index (χ0n) is 18.5. The molecule has 0 spiro atoms. The van der Waals surface area contributed by atoms with E-state index in [4.69, 9.17) is 5.73 Å². The van der Waals surface area contributed by atoms with Crippen molar-refractivity contribution in [3.8, 4) is 0 Å². The Morgan fingerprint density at radius 3 is 2.59 bits per heavy atom. The highest BCUT2D eigenvalue weighted by Crippen LogP contribution is 2.26. The molecule has 2 heterocycles. The number of hydrogen-bond acceptors (Lipinski definition) is 5. The van der Waals surface area contributed by atoms with Gasteiger partial charge >= 0.3 is 0 Å². The van der Waals surface area contributed by atoms with Crippen LogP contribution in [0.15, 0.2) is 34.0 Å². The SMILES string of the molecule is CCN(CC)S(=O)(=O)c1ccc2[nH]c(=O)cc(C(=O)N3CCCC(CCC(N)=O)C3)c2c1. The predicted octanol–water partition coefficient (Wildman–Crippen LogP) is 1.68. The molecule has 1 saturated heterocycles. The van der Waals surface area contributed by atoms with E-state index in [1.54, 1.807) is 18.7 Å². The Balaban J connectivity index is 1.99. The number of primary amides is 1. The lowest BCUT2D eigenvalue weighted by Gasteiger charge is -2.33. The maximum Gasteiger partial charge on any atom is 0.254 e. The Morgan fingerprint density at radius 1 is 1.22 bits per heavy atom. The van der Waals surface area contributed by atoms with Crippen LogP contribution in [0.5, 0.6) is 0 Å². The Morgan fingerprint density at radius 2 is 1.94 bits per heavy atom. The molecule has 0 saturated carbocycles. The van der Waals surface area contributed by atoms with Gasteiger partial charge in [-0.05, 0) is 43.4 Å². The number of amides is 2. The number of aromatic nitrogens is 1. The van der Waals surface area contributed by atoms with E-state index in [0.29, 0.717) is 43.5 Å². The lowest BCUT2D eigenvalue weighted by Crippen LogP contribution is -2.40. The standard InChI is InChI=1S/C22H30N4O5S/c1-3-26(4-2)32(30,31)16-8-9-19-17(12-16)18(13-21(28)24-19)22(29)25-11-5-6-15(14-25)7-10-20(23)27/h8-9,12-13,15H,3-7,10-11,14H2,1-2H3,(H2,23,27)(H,24,28). The summed E-state index contributed by atoms with van der Waals surface area (Å²) >= 11 is 0. The van der Waals surface area contributed by atoms with Gasteiger partial charge in [0.15, 0.2) is 0 Å². The van der Waals surface area contributed by atoms with E-state index in [-0.39, 0.29) is 34.6 Å². The van der Waals surface area contributed by atoms with E-state index in [9.17, 15) is 22.8 Å². The molecule has 1 aliphatic heterocycles. The molecule has 1 unspecified atom stereocenters. The van der Waals surface area contributed by atoms with Crippen molar-refractivity contribution in [2.75, 3.05) is 26.2 Å². The molecule has 1 aromatic heterocycles. The number of nitrogens with two attached hydrogens (primary N) is 1. The van der Waals surface area contributed by atoms with Crippen molar-refractivity contribution in [3.05, 3.63) is 40.2 Å². The zero-order chi connectivity index (χ0) is 23.5. The number of rotatable bonds is 8. The number of benzene rings is 1. The summed E-state index contributed by atoms with van der Waals surface area (Å²) in [4.78, 5) is 41.1. The quantitative estimate of drug-likeness (QED) is 0.616. The topological polar surface area (TPSA) is 134 Å². The van der Waals surface area contributed by atoms with E-state index < -0.39 is 15.6 Å². The third-order valence-corrected chi connectivity index (χ3v) is 8.04. The monoisotopic (exact) mass is 462 g/mol. The Labute approximate surface area is 187 Å². The zero-order valence-corrected chi connectivity index (χ0v) is 19.3. The van der Waals surface area contributed by atoms with Crippen molar-refractivity contribution in [1.82, 2.24) is 14.2 Å². The summed E-state index contributed by atoms with van der Waals surface area (Å²) in [7, 11) is -3.72. The maximum absolute atomic E-state index is 13.4. The maximum atomic E-state index is 13.4. The van der Waals surface area contributed by atoms with Gasteiger partial charge in [0.1, 0.15) is 0 Å². The third-order valence-electron chi connectivity index (χ3n) is 5.99. The van der Waals surface area contributed by atoms with Crippen LogP contribution in [0.25, 0.3) is 10.9 Å². The van der Waals surface area contributed by atoms with E-state index in [1.807, 2.05) is 0 Å². The minimum absolute atomic E-state index is 0.0766. The minimum atomic E-state index is -3.72. The number of piperidine rings is 1. The highest BCUT2D eigenvalue weighted by Gasteiger charge is 2.27. The van der Waals surface area contributed by atoms with Gasteiger partial charge in [0.25, 0.3) is 5.91 Å². The van der Waals surface area contributed by atoms with E-state index in [1.165, 1.54) is 28.6 Å². The molecular weight excluding hydrogens is 432 g/mol. The summed E-state index contributed by atoms with van der Waals surface area (Å²) in [5.41, 5.74) is 5.41. The predicted molar refractivity (Wildman–Crippen MR) is 122 cm³/mol. The fourth-order valence-corrected chi connectivity index (χ4v) is 5.77. The number of hydrogen-bond donors (Lipinski definition) is 2. The first-order valence-electron chi connectivity index (χ1n) is 10.9. The number of carbonyl (C=O) groups excluding carboxylic acids is 2. The highest BCUT2D eigenvalue weighted by molar-refractivity contribution is 7.89. The lowest BCUT2D eigenvalue weighted by atomic mass is 9.92. The van der Waals surface area contributed by atoms with E-state index >= 15 is 0 Å². The molecule has 1 fully saturated rings. The molecule has 3 rings (SSSR count). The highest BCUT2D eigenvalue weighted by atomic mass is 32.2. The van der Waals surface area contributed by atoms with Gasteiger partial charge in [0.2, 0.25) is 21.5 Å². The number of nitrogens with one attached hydrogen (secondary N) is 1. The van der Waals surface area contributed by atoms with Crippen molar-refractivity contribution in [2.24, 2.45) is 11.7 Å². The van der Waals surface area contributed by atoms with Crippen LogP contribution in [0.2, 0.25) is 0 Å². The van der Waals surface area contributed by atoms with Crippen molar-refractivity contribution in [3.63, 3.8) is 0 Å². The largest absolute Gasteiger partial charge is 0.370 e. The van der Waals surface area contributed by atoms with Gasteiger partial charge in [-0.25, -0.2) is 8.42 Å². The summed E-state index contributed by atoms with van der Waals surface area (Å²) in [6.45, 7) is 5.19. The van der Waals surface area contributed by atoms with Crippen LogP contribution in [0.3, 0.4) is 0 Å². The first kappa shape index (κ1) is 23.9. The van der Waals surface area contributed by atoms with Crippen molar-refractivity contribution in [2.45, 2.75) is 44.4 Å². The first-order chi connectivity index (χ1) is 15.2. The van der Waals surface area contributed by atoms with Crippen molar-refractivity contribution < 1.29 is 18.0 Å². The summed E-state index contributed by atoms with van der Waals surface area (Å²) < 4.78 is 27.3. The van der Waals surface area contributed by atoms with Crippen molar-refractivity contribution >= 4 is 32.7 Å². The second-order valence-corrected chi connectivity index (χ2v) is 10.0. The van der Waals surface area contributed by atoms with Crippen LogP contribution in [-0.2, 0) is 14.8 Å². The molecular formula is C22H30N4O5S. The van der Waals surface area contributed by atoms with Crippen molar-refractivity contribution in [1.29, 1.82) is 0 Å². The van der Waals surface area contributed by atoms with Crippen LogP contribution in [0, 0.1) is 5.92 Å². The molecule has 10 heteroatoms. The number of carbonyl (C=O) groups is 2. The Hall–Kier alpha value is -2.72. The average Bonchev–Trinajstić information content (AvgIpc) is 2.77. The molecule has 174 valence electrons. The molecule has 2 amide bonds. The molecule has 0 aliphatic carbocycles. The molecule has 0 radical (unpaired) electrons. The smallest absolute Gasteiger partial charge is 0.254 e. The fraction of sp³-hybridized carbons (Fsp3) is 0.500. The van der Waals surface area contributed by atoms with Crippen LogP contribution in [-0.4, -0.2) is 60.6 Å². The molecule has 9 nitrogen and oxygen atoms in total. The van der Waals surface area contributed by atoms with Gasteiger partial charge in [-0.2, -0.15) is 4.31 Å². The van der Waals surface area contributed by atoms with Crippen LogP contribution in [0.1, 0.15) is 49.9 Å². The molecule has 32 heavy (non-hydrogen) atoms. The van der Waals surface area contributed by atoms with Gasteiger partial charge in [-0.1, -0.05) is 13.8 Å². The van der Waals surface area contributed by atoms with E-state index in [2.05, 4.69) is 4.98 Å². The average molecular weight is 463 g/mol. The molecule has 1 aliphatic rings.